The van der Waals surface area contributed by atoms with E-state index in [1.807, 2.05) is 29.6 Å². The normalized spacial score (nSPS) is 13.7. The van der Waals surface area contributed by atoms with Crippen LogP contribution in [0.3, 0.4) is 0 Å². The highest BCUT2D eigenvalue weighted by Gasteiger charge is 2.18. The van der Waals surface area contributed by atoms with E-state index in [0.717, 1.165) is 21.6 Å². The smallest absolute Gasteiger partial charge is 0.225 e. The van der Waals surface area contributed by atoms with Crippen molar-refractivity contribution in [1.82, 2.24) is 15.0 Å². The van der Waals surface area contributed by atoms with Crippen molar-refractivity contribution in [3.63, 3.8) is 0 Å². The second-order valence-corrected chi connectivity index (χ2v) is 6.04. The molecular weight excluding hydrogens is 294 g/mol. The van der Waals surface area contributed by atoms with Gasteiger partial charge < -0.3 is 4.74 Å². The minimum atomic E-state index is 0.560. The lowest BCUT2D eigenvalue weighted by Gasteiger charge is -2.04. The van der Waals surface area contributed by atoms with Crippen molar-refractivity contribution in [3.05, 3.63) is 35.3 Å². The molecule has 1 aliphatic rings. The van der Waals surface area contributed by atoms with Crippen molar-refractivity contribution in [2.45, 2.75) is 12.8 Å². The van der Waals surface area contributed by atoms with Crippen LogP contribution in [0.2, 0.25) is 0 Å². The number of aromatic nitrogens is 3. The molecule has 1 fully saturated rings. The second kappa shape index (κ2) is 5.39. The van der Waals surface area contributed by atoms with Crippen LogP contribution in [0.25, 0.3) is 21.7 Å². The Kier molecular flexibility index (Phi) is 3.24. The van der Waals surface area contributed by atoms with Crippen LogP contribution < -0.4 is 4.74 Å². The number of rotatable bonds is 2. The first-order valence-electron chi connectivity index (χ1n) is 7.12. The molecule has 0 unspecified atom stereocenters. The summed E-state index contributed by atoms with van der Waals surface area (Å²) >= 11 is 1.57. The van der Waals surface area contributed by atoms with E-state index >= 15 is 0 Å². The van der Waals surface area contributed by atoms with E-state index in [9.17, 15) is 0 Å². The molecule has 0 amide bonds. The number of fused-ring (bicyclic) bond motifs is 1. The lowest BCUT2D eigenvalue weighted by Crippen LogP contribution is -1.96. The number of methoxy groups -OCH3 is 1. The molecule has 4 nitrogen and oxygen atoms in total. The van der Waals surface area contributed by atoms with Gasteiger partial charge in [-0.15, -0.1) is 11.3 Å². The van der Waals surface area contributed by atoms with Crippen LogP contribution in [0.5, 0.6) is 5.88 Å². The van der Waals surface area contributed by atoms with E-state index in [-0.39, 0.29) is 0 Å². The number of ether oxygens (including phenoxy) is 1. The second-order valence-electron chi connectivity index (χ2n) is 5.15. The van der Waals surface area contributed by atoms with Gasteiger partial charge >= 0.3 is 0 Å². The summed E-state index contributed by atoms with van der Waals surface area (Å²) in [5.41, 5.74) is 1.48. The fraction of sp³-hybridized carbons (Fsp3) is 0.235. The predicted molar refractivity (Wildman–Crippen MR) is 86.8 cm³/mol. The lowest BCUT2D eigenvalue weighted by atomic mass is 10.2. The maximum absolute atomic E-state index is 5.37. The van der Waals surface area contributed by atoms with E-state index in [1.54, 1.807) is 18.4 Å². The summed E-state index contributed by atoms with van der Waals surface area (Å²) in [5, 5.41) is 2.91. The fourth-order valence-corrected chi connectivity index (χ4v) is 2.89. The quantitative estimate of drug-likeness (QED) is 0.680. The third-order valence-electron chi connectivity index (χ3n) is 3.44. The van der Waals surface area contributed by atoms with E-state index < -0.39 is 0 Å². The van der Waals surface area contributed by atoms with Gasteiger partial charge in [0.25, 0.3) is 0 Å². The molecule has 3 heterocycles. The van der Waals surface area contributed by atoms with Crippen molar-refractivity contribution in [2.24, 2.45) is 5.92 Å². The first-order valence-corrected chi connectivity index (χ1v) is 7.99. The Hall–Kier alpha value is -2.45. The molecule has 0 aliphatic heterocycles. The molecule has 3 aromatic rings. The standard InChI is InChI=1S/C17H13N3OS/c1-21-16-13-9-10-22-17(13)20-15(19-16)14-4-2-3-12(18-14)8-7-11-5-6-11/h2-4,9-11H,5-6H2,1H3. The van der Waals surface area contributed by atoms with Gasteiger partial charge in [0, 0.05) is 5.92 Å². The SMILES string of the molecule is COc1nc(-c2cccc(C#CC3CC3)n2)nc2sccc12. The Balaban J connectivity index is 1.77. The molecule has 0 atom stereocenters. The zero-order valence-electron chi connectivity index (χ0n) is 12.0. The molecule has 1 aliphatic carbocycles. The third-order valence-corrected chi connectivity index (χ3v) is 4.25. The van der Waals surface area contributed by atoms with Crippen LogP contribution in [0.4, 0.5) is 0 Å². The van der Waals surface area contributed by atoms with Gasteiger partial charge in [-0.05, 0) is 42.3 Å². The first kappa shape index (κ1) is 13.2. The van der Waals surface area contributed by atoms with Gasteiger partial charge in [-0.1, -0.05) is 12.0 Å². The molecule has 0 spiro atoms. The predicted octanol–water partition coefficient (Wildman–Crippen LogP) is 3.52. The van der Waals surface area contributed by atoms with Crippen molar-refractivity contribution in [2.75, 3.05) is 7.11 Å². The highest BCUT2D eigenvalue weighted by Crippen LogP contribution is 2.29. The molecule has 1 saturated carbocycles. The van der Waals surface area contributed by atoms with Crippen molar-refractivity contribution >= 4 is 21.6 Å². The van der Waals surface area contributed by atoms with Crippen LogP contribution >= 0.6 is 11.3 Å². The Labute approximate surface area is 132 Å². The molecule has 0 N–H and O–H groups in total. The fourth-order valence-electron chi connectivity index (χ4n) is 2.13. The van der Waals surface area contributed by atoms with E-state index in [2.05, 4.69) is 26.8 Å². The van der Waals surface area contributed by atoms with Crippen LogP contribution in [-0.2, 0) is 0 Å². The number of nitrogens with zero attached hydrogens (tertiary/aromatic N) is 3. The monoisotopic (exact) mass is 307 g/mol. The minimum absolute atomic E-state index is 0.560. The minimum Gasteiger partial charge on any atom is -0.480 e. The molecule has 0 bridgehead atoms. The average molecular weight is 307 g/mol. The highest BCUT2D eigenvalue weighted by atomic mass is 32.1. The van der Waals surface area contributed by atoms with Crippen LogP contribution in [0, 0.1) is 17.8 Å². The lowest BCUT2D eigenvalue weighted by molar-refractivity contribution is 0.403. The van der Waals surface area contributed by atoms with Gasteiger partial charge in [-0.2, -0.15) is 4.98 Å². The highest BCUT2D eigenvalue weighted by molar-refractivity contribution is 7.16. The molecule has 0 radical (unpaired) electrons. The van der Waals surface area contributed by atoms with E-state index in [1.165, 1.54) is 12.8 Å². The Morgan fingerprint density at radius 3 is 2.91 bits per heavy atom. The topological polar surface area (TPSA) is 47.9 Å². The van der Waals surface area contributed by atoms with Gasteiger partial charge in [0.2, 0.25) is 5.88 Å². The molecule has 108 valence electrons. The van der Waals surface area contributed by atoms with Crippen molar-refractivity contribution in [3.8, 4) is 29.2 Å². The molecule has 0 saturated heterocycles. The van der Waals surface area contributed by atoms with E-state index in [4.69, 9.17) is 4.74 Å². The number of pyridine rings is 1. The summed E-state index contributed by atoms with van der Waals surface area (Å²) < 4.78 is 5.37. The summed E-state index contributed by atoms with van der Waals surface area (Å²) in [6.07, 6.45) is 2.42. The zero-order valence-corrected chi connectivity index (χ0v) is 12.9. The maximum atomic E-state index is 5.37. The number of thiophene rings is 1. The van der Waals surface area contributed by atoms with Gasteiger partial charge in [0.15, 0.2) is 5.82 Å². The molecule has 0 aromatic carbocycles. The maximum Gasteiger partial charge on any atom is 0.225 e. The first-order chi connectivity index (χ1) is 10.8. The molecular formula is C17H13N3OS. The Bertz CT molecular complexity index is 903. The summed E-state index contributed by atoms with van der Waals surface area (Å²) in [4.78, 5) is 14.5. The third kappa shape index (κ3) is 2.53. The van der Waals surface area contributed by atoms with Gasteiger partial charge in [-0.3, -0.25) is 0 Å². The summed E-state index contributed by atoms with van der Waals surface area (Å²) in [6, 6.07) is 7.72. The van der Waals surface area contributed by atoms with Crippen molar-refractivity contribution < 1.29 is 4.74 Å². The molecule has 22 heavy (non-hydrogen) atoms. The summed E-state index contributed by atoms with van der Waals surface area (Å²) in [5.74, 6) is 8.07. The zero-order chi connectivity index (χ0) is 14.9. The molecule has 4 rings (SSSR count). The average Bonchev–Trinajstić information content (AvgIpc) is 3.27. The molecule has 5 heteroatoms. The summed E-state index contributed by atoms with van der Waals surface area (Å²) in [6.45, 7) is 0. The Morgan fingerprint density at radius 2 is 2.09 bits per heavy atom. The van der Waals surface area contributed by atoms with Crippen LogP contribution in [0.15, 0.2) is 29.6 Å². The van der Waals surface area contributed by atoms with Gasteiger partial charge in [0.05, 0.1) is 12.5 Å². The van der Waals surface area contributed by atoms with Gasteiger partial charge in [-0.25, -0.2) is 9.97 Å². The van der Waals surface area contributed by atoms with E-state index in [0.29, 0.717) is 17.6 Å². The largest absolute Gasteiger partial charge is 0.480 e. The Morgan fingerprint density at radius 1 is 1.18 bits per heavy atom. The summed E-state index contributed by atoms with van der Waals surface area (Å²) in [7, 11) is 1.62. The molecule has 3 aromatic heterocycles. The number of hydrogen-bond acceptors (Lipinski definition) is 5. The van der Waals surface area contributed by atoms with Gasteiger partial charge in [0.1, 0.15) is 16.2 Å². The van der Waals surface area contributed by atoms with Crippen LogP contribution in [0.1, 0.15) is 18.5 Å². The van der Waals surface area contributed by atoms with Crippen molar-refractivity contribution in [1.29, 1.82) is 0 Å². The number of hydrogen-bond donors (Lipinski definition) is 0. The van der Waals surface area contributed by atoms with Crippen LogP contribution in [-0.4, -0.2) is 22.1 Å².